The van der Waals surface area contributed by atoms with Crippen LogP contribution < -0.4 is 0 Å². The second-order valence-electron chi connectivity index (χ2n) is 5.95. The molecule has 0 saturated heterocycles. The summed E-state index contributed by atoms with van der Waals surface area (Å²) in [5, 5.41) is 0. The molecule has 0 unspecified atom stereocenters. The van der Waals surface area contributed by atoms with Gasteiger partial charge in [-0.1, -0.05) is 32.0 Å². The monoisotopic (exact) mass is 274 g/mol. The predicted octanol–water partition coefficient (Wildman–Crippen LogP) is 3.13. The van der Waals surface area contributed by atoms with Crippen LogP contribution in [0.3, 0.4) is 0 Å². The molecule has 0 bridgehead atoms. The summed E-state index contributed by atoms with van der Waals surface area (Å²) >= 11 is 0. The van der Waals surface area contributed by atoms with E-state index in [-0.39, 0.29) is 5.54 Å². The van der Waals surface area contributed by atoms with E-state index < -0.39 is 0 Å². The molecule has 0 atom stereocenters. The average Bonchev–Trinajstić information content (AvgIpc) is 2.80. The number of rotatable bonds is 6. The lowest BCUT2D eigenvalue weighted by molar-refractivity contribution is 0.279. The Kier molecular flexibility index (Phi) is 4.81. The summed E-state index contributed by atoms with van der Waals surface area (Å²) in [5.41, 5.74) is 2.39. The van der Waals surface area contributed by atoms with Crippen LogP contribution in [-0.4, -0.2) is 42.6 Å². The van der Waals surface area contributed by atoms with Crippen molar-refractivity contribution < 1.29 is 4.74 Å². The van der Waals surface area contributed by atoms with E-state index in [9.17, 15) is 0 Å². The van der Waals surface area contributed by atoms with Crippen LogP contribution >= 0.6 is 0 Å². The maximum Gasteiger partial charge on any atom is 0.217 e. The van der Waals surface area contributed by atoms with Crippen LogP contribution in [0.15, 0.2) is 29.3 Å². The summed E-state index contributed by atoms with van der Waals surface area (Å²) in [5.74, 6) is 0.810. The number of ether oxygens (including phenoxy) is 1. The lowest BCUT2D eigenvalue weighted by Gasteiger charge is -2.18. The van der Waals surface area contributed by atoms with Crippen LogP contribution in [0.25, 0.3) is 0 Å². The summed E-state index contributed by atoms with van der Waals surface area (Å²) in [6, 6.07) is 8.48. The molecular weight excluding hydrogens is 248 g/mol. The van der Waals surface area contributed by atoms with Crippen molar-refractivity contribution in [3.05, 3.63) is 35.4 Å². The minimum Gasteiger partial charge on any atom is -0.475 e. The van der Waals surface area contributed by atoms with Gasteiger partial charge in [0.25, 0.3) is 0 Å². The van der Waals surface area contributed by atoms with Gasteiger partial charge in [0, 0.05) is 12.1 Å². The number of benzene rings is 1. The fraction of sp³-hybridized carbons (Fsp3) is 0.588. The topological polar surface area (TPSA) is 24.8 Å². The van der Waals surface area contributed by atoms with E-state index in [4.69, 9.17) is 9.73 Å². The smallest absolute Gasteiger partial charge is 0.217 e. The minimum absolute atomic E-state index is 0.0959. The maximum atomic E-state index is 5.79. The number of aliphatic imine (C=N–C) groups is 1. The van der Waals surface area contributed by atoms with E-state index in [0.717, 1.165) is 37.5 Å². The summed E-state index contributed by atoms with van der Waals surface area (Å²) in [6.07, 6.45) is 1.04. The van der Waals surface area contributed by atoms with Crippen molar-refractivity contribution in [3.63, 3.8) is 0 Å². The molecule has 0 N–H and O–H groups in total. The normalized spacial score (nSPS) is 17.1. The van der Waals surface area contributed by atoms with Crippen molar-refractivity contribution in [2.24, 2.45) is 4.99 Å². The SMILES string of the molecule is CCN(CC)CCc1ccccc1C1=NC(C)(C)CO1. The molecule has 1 aromatic rings. The predicted molar refractivity (Wildman–Crippen MR) is 84.5 cm³/mol. The zero-order valence-corrected chi connectivity index (χ0v) is 13.1. The number of nitrogens with zero attached hydrogens (tertiary/aromatic N) is 2. The zero-order chi connectivity index (χ0) is 14.6. The highest BCUT2D eigenvalue weighted by molar-refractivity contribution is 5.96. The van der Waals surface area contributed by atoms with Crippen molar-refractivity contribution in [2.75, 3.05) is 26.2 Å². The van der Waals surface area contributed by atoms with Crippen LogP contribution in [-0.2, 0) is 11.2 Å². The largest absolute Gasteiger partial charge is 0.475 e. The van der Waals surface area contributed by atoms with Crippen LogP contribution in [0, 0.1) is 0 Å². The van der Waals surface area contributed by atoms with Crippen molar-refractivity contribution in [2.45, 2.75) is 39.7 Å². The molecule has 110 valence electrons. The lowest BCUT2D eigenvalue weighted by atomic mass is 10.0. The molecule has 3 heteroatoms. The summed E-state index contributed by atoms with van der Waals surface area (Å²) in [7, 11) is 0. The molecule has 2 rings (SSSR count). The number of hydrogen-bond acceptors (Lipinski definition) is 3. The average molecular weight is 274 g/mol. The van der Waals surface area contributed by atoms with Crippen molar-refractivity contribution >= 4 is 5.90 Å². The Morgan fingerprint density at radius 1 is 1.20 bits per heavy atom. The molecule has 1 aliphatic heterocycles. The maximum absolute atomic E-state index is 5.79. The standard InChI is InChI=1S/C17H26N2O/c1-5-19(6-2)12-11-14-9-7-8-10-15(14)16-18-17(3,4)13-20-16/h7-10H,5-6,11-13H2,1-4H3. The van der Waals surface area contributed by atoms with Gasteiger partial charge in [-0.2, -0.15) is 0 Å². The quantitative estimate of drug-likeness (QED) is 0.796. The molecule has 0 aromatic heterocycles. The van der Waals surface area contributed by atoms with Crippen LogP contribution in [0.5, 0.6) is 0 Å². The van der Waals surface area contributed by atoms with E-state index in [1.807, 2.05) is 0 Å². The van der Waals surface area contributed by atoms with Crippen molar-refractivity contribution in [1.29, 1.82) is 0 Å². The third-order valence-corrected chi connectivity index (χ3v) is 3.81. The summed E-state index contributed by atoms with van der Waals surface area (Å²) in [4.78, 5) is 7.14. The summed E-state index contributed by atoms with van der Waals surface area (Å²) in [6.45, 7) is 12.6. The fourth-order valence-electron chi connectivity index (χ4n) is 2.49. The third kappa shape index (κ3) is 3.60. The van der Waals surface area contributed by atoms with Crippen molar-refractivity contribution in [1.82, 2.24) is 4.90 Å². The first-order chi connectivity index (χ1) is 9.55. The number of likely N-dealkylation sites (N-methyl/N-ethyl adjacent to an activating group) is 1. The Labute approximate surface area is 122 Å². The Balaban J connectivity index is 2.15. The fourth-order valence-corrected chi connectivity index (χ4v) is 2.49. The van der Waals surface area contributed by atoms with Gasteiger partial charge in [0.1, 0.15) is 6.61 Å². The van der Waals surface area contributed by atoms with Gasteiger partial charge in [-0.3, -0.25) is 0 Å². The molecule has 0 aliphatic carbocycles. The van der Waals surface area contributed by atoms with Gasteiger partial charge in [-0.05, 0) is 45.0 Å². The van der Waals surface area contributed by atoms with Gasteiger partial charge in [0.15, 0.2) is 0 Å². The minimum atomic E-state index is -0.0959. The highest BCUT2D eigenvalue weighted by atomic mass is 16.5. The van der Waals surface area contributed by atoms with E-state index >= 15 is 0 Å². The first kappa shape index (κ1) is 15.0. The highest BCUT2D eigenvalue weighted by Gasteiger charge is 2.27. The Morgan fingerprint density at radius 3 is 2.50 bits per heavy atom. The second-order valence-corrected chi connectivity index (χ2v) is 5.95. The molecule has 20 heavy (non-hydrogen) atoms. The molecule has 3 nitrogen and oxygen atoms in total. The Morgan fingerprint density at radius 2 is 1.90 bits per heavy atom. The van der Waals surface area contributed by atoms with E-state index in [1.165, 1.54) is 5.56 Å². The van der Waals surface area contributed by atoms with Gasteiger partial charge < -0.3 is 9.64 Å². The second kappa shape index (κ2) is 6.40. The van der Waals surface area contributed by atoms with Crippen molar-refractivity contribution in [3.8, 4) is 0 Å². The Bertz CT molecular complexity index is 476. The molecule has 1 aromatic carbocycles. The van der Waals surface area contributed by atoms with Crippen LogP contribution in [0.4, 0.5) is 0 Å². The molecule has 0 radical (unpaired) electrons. The molecule has 0 saturated carbocycles. The summed E-state index contributed by atoms with van der Waals surface area (Å²) < 4.78 is 5.79. The van der Waals surface area contributed by atoms with Gasteiger partial charge >= 0.3 is 0 Å². The zero-order valence-electron chi connectivity index (χ0n) is 13.1. The van der Waals surface area contributed by atoms with Gasteiger partial charge in [-0.15, -0.1) is 0 Å². The third-order valence-electron chi connectivity index (χ3n) is 3.81. The van der Waals surface area contributed by atoms with Gasteiger partial charge in [0.05, 0.1) is 5.54 Å². The van der Waals surface area contributed by atoms with E-state index in [1.54, 1.807) is 0 Å². The van der Waals surface area contributed by atoms with Crippen LogP contribution in [0.1, 0.15) is 38.8 Å². The number of hydrogen-bond donors (Lipinski definition) is 0. The van der Waals surface area contributed by atoms with E-state index in [2.05, 4.69) is 56.9 Å². The first-order valence-corrected chi connectivity index (χ1v) is 7.59. The van der Waals surface area contributed by atoms with Crippen LogP contribution in [0.2, 0.25) is 0 Å². The van der Waals surface area contributed by atoms with Gasteiger partial charge in [-0.25, -0.2) is 4.99 Å². The highest BCUT2D eigenvalue weighted by Crippen LogP contribution is 2.22. The molecule has 1 heterocycles. The molecule has 0 fully saturated rings. The molecule has 0 spiro atoms. The molecule has 1 aliphatic rings. The lowest BCUT2D eigenvalue weighted by Crippen LogP contribution is -2.25. The molecular formula is C17H26N2O. The Hall–Kier alpha value is -1.35. The van der Waals surface area contributed by atoms with Gasteiger partial charge in [0.2, 0.25) is 5.90 Å². The first-order valence-electron chi connectivity index (χ1n) is 7.59. The van der Waals surface area contributed by atoms with E-state index in [0.29, 0.717) is 6.61 Å². The molecule has 0 amide bonds.